The lowest BCUT2D eigenvalue weighted by Crippen LogP contribution is -2.47. The third-order valence-corrected chi connectivity index (χ3v) is 3.32. The Balaban J connectivity index is 2.13. The van der Waals surface area contributed by atoms with E-state index in [1.165, 1.54) is 6.20 Å². The SMILES string of the molecule is O=CC1(c2ccn[nH]2)Cc2ccccc2NC1=O. The van der Waals surface area contributed by atoms with Crippen LogP contribution in [-0.2, 0) is 21.4 Å². The third-order valence-electron chi connectivity index (χ3n) is 3.32. The average Bonchev–Trinajstić information content (AvgIpc) is 2.92. The number of aromatic nitrogens is 2. The minimum absolute atomic E-state index is 0.319. The van der Waals surface area contributed by atoms with Crippen LogP contribution in [0.1, 0.15) is 11.3 Å². The van der Waals surface area contributed by atoms with Crippen LogP contribution < -0.4 is 5.32 Å². The topological polar surface area (TPSA) is 74.8 Å². The summed E-state index contributed by atoms with van der Waals surface area (Å²) in [6.45, 7) is 0. The lowest BCUT2D eigenvalue weighted by molar-refractivity contribution is -0.127. The Labute approximate surface area is 103 Å². The van der Waals surface area contributed by atoms with E-state index in [2.05, 4.69) is 15.5 Å². The molecule has 18 heavy (non-hydrogen) atoms. The zero-order valence-corrected chi connectivity index (χ0v) is 9.51. The molecule has 2 N–H and O–H groups in total. The maximum absolute atomic E-state index is 12.2. The van der Waals surface area contributed by atoms with E-state index in [1.807, 2.05) is 24.3 Å². The standard InChI is InChI=1S/C13H11N3O2/c17-8-13(11-5-6-14-16-11)7-9-3-1-2-4-10(9)15-12(13)18/h1-6,8H,7H2,(H,14,16)(H,15,18). The Hall–Kier alpha value is -2.43. The molecule has 2 aromatic rings. The fraction of sp³-hybridized carbons (Fsp3) is 0.154. The number of hydrogen-bond donors (Lipinski definition) is 2. The Morgan fingerprint density at radius 2 is 2.11 bits per heavy atom. The molecule has 1 amide bonds. The van der Waals surface area contributed by atoms with Gasteiger partial charge in [0.2, 0.25) is 5.91 Å². The smallest absolute Gasteiger partial charge is 0.244 e. The van der Waals surface area contributed by atoms with Gasteiger partial charge in [0.05, 0.1) is 5.69 Å². The Kier molecular flexibility index (Phi) is 2.26. The second kappa shape index (κ2) is 3.80. The van der Waals surface area contributed by atoms with Gasteiger partial charge in [-0.1, -0.05) is 18.2 Å². The number of para-hydroxylation sites is 1. The number of aromatic amines is 1. The summed E-state index contributed by atoms with van der Waals surface area (Å²) >= 11 is 0. The third kappa shape index (κ3) is 1.37. The van der Waals surface area contributed by atoms with Crippen molar-refractivity contribution >= 4 is 17.9 Å². The molecule has 5 nitrogen and oxygen atoms in total. The Morgan fingerprint density at radius 3 is 2.83 bits per heavy atom. The van der Waals surface area contributed by atoms with Gasteiger partial charge < -0.3 is 10.1 Å². The summed E-state index contributed by atoms with van der Waals surface area (Å²) in [5, 5.41) is 9.31. The van der Waals surface area contributed by atoms with Crippen LogP contribution in [0.5, 0.6) is 0 Å². The maximum Gasteiger partial charge on any atom is 0.244 e. The van der Waals surface area contributed by atoms with Crippen LogP contribution in [0.2, 0.25) is 0 Å². The molecular formula is C13H11N3O2. The highest BCUT2D eigenvalue weighted by atomic mass is 16.2. The van der Waals surface area contributed by atoms with Gasteiger partial charge >= 0.3 is 0 Å². The predicted octanol–water partition coefficient (Wildman–Crippen LogP) is 1.04. The number of carbonyl (C=O) groups is 2. The molecule has 0 aliphatic carbocycles. The second-order valence-corrected chi connectivity index (χ2v) is 4.35. The van der Waals surface area contributed by atoms with Gasteiger partial charge in [0.1, 0.15) is 11.7 Å². The van der Waals surface area contributed by atoms with Gasteiger partial charge in [0, 0.05) is 18.3 Å². The largest absolute Gasteiger partial charge is 0.325 e. The summed E-state index contributed by atoms with van der Waals surface area (Å²) in [6.07, 6.45) is 2.57. The average molecular weight is 241 g/mol. The molecular weight excluding hydrogens is 230 g/mol. The van der Waals surface area contributed by atoms with Gasteiger partial charge in [-0.15, -0.1) is 0 Å². The zero-order valence-electron chi connectivity index (χ0n) is 9.51. The van der Waals surface area contributed by atoms with Crippen molar-refractivity contribution in [1.29, 1.82) is 0 Å². The first kappa shape index (κ1) is 10.7. The highest BCUT2D eigenvalue weighted by molar-refractivity contribution is 6.11. The maximum atomic E-state index is 12.2. The van der Waals surface area contributed by atoms with Crippen LogP contribution in [0, 0.1) is 0 Å². The highest BCUT2D eigenvalue weighted by Crippen LogP contribution is 2.34. The van der Waals surface area contributed by atoms with Crippen LogP contribution in [0.15, 0.2) is 36.5 Å². The minimum Gasteiger partial charge on any atom is -0.325 e. The molecule has 1 unspecified atom stereocenters. The number of H-pyrrole nitrogens is 1. The van der Waals surface area contributed by atoms with Crippen LogP contribution in [0.4, 0.5) is 5.69 Å². The monoisotopic (exact) mass is 241 g/mol. The van der Waals surface area contributed by atoms with E-state index < -0.39 is 5.41 Å². The summed E-state index contributed by atoms with van der Waals surface area (Å²) in [5.74, 6) is -0.319. The van der Waals surface area contributed by atoms with Crippen molar-refractivity contribution in [2.24, 2.45) is 0 Å². The van der Waals surface area contributed by atoms with Gasteiger partial charge in [-0.2, -0.15) is 5.10 Å². The first-order valence-corrected chi connectivity index (χ1v) is 5.62. The van der Waals surface area contributed by atoms with E-state index >= 15 is 0 Å². The first-order valence-electron chi connectivity index (χ1n) is 5.62. The van der Waals surface area contributed by atoms with E-state index in [0.717, 1.165) is 11.3 Å². The van der Waals surface area contributed by atoms with Crippen molar-refractivity contribution in [3.05, 3.63) is 47.8 Å². The van der Waals surface area contributed by atoms with Gasteiger partial charge in [-0.3, -0.25) is 9.89 Å². The van der Waals surface area contributed by atoms with Crippen LogP contribution in [0.25, 0.3) is 0 Å². The number of benzene rings is 1. The predicted molar refractivity (Wildman–Crippen MR) is 65.1 cm³/mol. The number of hydrogen-bond acceptors (Lipinski definition) is 3. The fourth-order valence-corrected chi connectivity index (χ4v) is 2.29. The van der Waals surface area contributed by atoms with E-state index in [0.29, 0.717) is 18.4 Å². The molecule has 5 heteroatoms. The van der Waals surface area contributed by atoms with Crippen molar-refractivity contribution in [1.82, 2.24) is 10.2 Å². The van der Waals surface area contributed by atoms with Crippen molar-refractivity contribution in [2.75, 3.05) is 5.32 Å². The number of carbonyl (C=O) groups excluding carboxylic acids is 2. The molecule has 2 heterocycles. The van der Waals surface area contributed by atoms with Crippen LogP contribution >= 0.6 is 0 Å². The van der Waals surface area contributed by atoms with Gasteiger partial charge in [0.15, 0.2) is 0 Å². The van der Waals surface area contributed by atoms with E-state index in [4.69, 9.17) is 0 Å². The molecule has 1 aliphatic heterocycles. The Bertz CT molecular complexity index is 606. The van der Waals surface area contributed by atoms with E-state index in [1.54, 1.807) is 6.07 Å². The van der Waals surface area contributed by atoms with Crippen molar-refractivity contribution in [3.8, 4) is 0 Å². The summed E-state index contributed by atoms with van der Waals surface area (Å²) in [4.78, 5) is 23.7. The molecule has 1 aliphatic rings. The summed E-state index contributed by atoms with van der Waals surface area (Å²) in [5.41, 5.74) is 1.02. The summed E-state index contributed by atoms with van der Waals surface area (Å²) in [7, 11) is 0. The number of nitrogens with zero attached hydrogens (tertiary/aromatic N) is 1. The lowest BCUT2D eigenvalue weighted by atomic mass is 9.76. The molecule has 1 aromatic heterocycles. The minimum atomic E-state index is -1.20. The molecule has 0 radical (unpaired) electrons. The van der Waals surface area contributed by atoms with Crippen molar-refractivity contribution in [3.63, 3.8) is 0 Å². The molecule has 1 atom stereocenters. The summed E-state index contributed by atoms with van der Waals surface area (Å²) < 4.78 is 0. The second-order valence-electron chi connectivity index (χ2n) is 4.35. The van der Waals surface area contributed by atoms with Gasteiger partial charge in [-0.25, -0.2) is 0 Å². The fourth-order valence-electron chi connectivity index (χ4n) is 2.29. The number of aldehydes is 1. The summed E-state index contributed by atoms with van der Waals surface area (Å²) in [6, 6.07) is 9.13. The molecule has 0 saturated heterocycles. The normalized spacial score (nSPS) is 22.1. The van der Waals surface area contributed by atoms with E-state index in [-0.39, 0.29) is 5.91 Å². The van der Waals surface area contributed by atoms with Crippen molar-refractivity contribution in [2.45, 2.75) is 11.8 Å². The zero-order chi connectivity index (χ0) is 12.6. The van der Waals surface area contributed by atoms with Gasteiger partial charge in [-0.05, 0) is 17.7 Å². The lowest BCUT2D eigenvalue weighted by Gasteiger charge is -2.31. The first-order chi connectivity index (χ1) is 8.76. The molecule has 1 aromatic carbocycles. The molecule has 90 valence electrons. The number of rotatable bonds is 2. The number of fused-ring (bicyclic) bond motifs is 1. The van der Waals surface area contributed by atoms with Gasteiger partial charge in [0.25, 0.3) is 0 Å². The highest BCUT2D eigenvalue weighted by Gasteiger charge is 2.45. The van der Waals surface area contributed by atoms with Crippen molar-refractivity contribution < 1.29 is 9.59 Å². The number of nitrogens with one attached hydrogen (secondary N) is 2. The number of amides is 1. The molecule has 0 fully saturated rings. The van der Waals surface area contributed by atoms with Crippen LogP contribution in [0.3, 0.4) is 0 Å². The molecule has 3 rings (SSSR count). The Morgan fingerprint density at radius 1 is 1.28 bits per heavy atom. The van der Waals surface area contributed by atoms with E-state index in [9.17, 15) is 9.59 Å². The van der Waals surface area contributed by atoms with Crippen LogP contribution in [-0.4, -0.2) is 22.4 Å². The quantitative estimate of drug-likeness (QED) is 0.609. The number of anilines is 1. The molecule has 0 bridgehead atoms. The molecule has 0 spiro atoms. The molecule has 0 saturated carbocycles.